The van der Waals surface area contributed by atoms with Gasteiger partial charge in [0.25, 0.3) is 0 Å². The Morgan fingerprint density at radius 3 is 2.38 bits per heavy atom. The summed E-state index contributed by atoms with van der Waals surface area (Å²) < 4.78 is 0.797. The third-order valence-corrected chi connectivity index (χ3v) is 3.37. The van der Waals surface area contributed by atoms with Gasteiger partial charge in [0, 0.05) is 16.2 Å². The Morgan fingerprint density at radius 2 is 1.81 bits per heavy atom. The molecule has 3 nitrogen and oxygen atoms in total. The molecule has 0 radical (unpaired) electrons. The monoisotopic (exact) mass is 317 g/mol. The van der Waals surface area contributed by atoms with E-state index in [1.807, 2.05) is 12.1 Å². The Bertz CT molecular complexity index is 522. The van der Waals surface area contributed by atoms with Gasteiger partial charge in [-0.3, -0.25) is 4.98 Å². The molecule has 2 aromatic rings. The standard InChI is InChI=1S/C10H6BrCl2N3/c1-5-8(12)15-10(16-9(5)13)7-6(11)3-2-4-14-7/h2-4H,1H3. The predicted molar refractivity (Wildman–Crippen MR) is 67.7 cm³/mol. The first kappa shape index (κ1) is 11.8. The van der Waals surface area contributed by atoms with Crippen molar-refractivity contribution in [1.29, 1.82) is 0 Å². The van der Waals surface area contributed by atoms with Crippen LogP contribution in [0.2, 0.25) is 10.3 Å². The minimum atomic E-state index is 0.340. The van der Waals surface area contributed by atoms with Crippen molar-refractivity contribution in [1.82, 2.24) is 15.0 Å². The van der Waals surface area contributed by atoms with Crippen molar-refractivity contribution in [3.05, 3.63) is 38.7 Å². The van der Waals surface area contributed by atoms with Crippen LogP contribution in [0.15, 0.2) is 22.8 Å². The number of hydrogen-bond donors (Lipinski definition) is 0. The van der Waals surface area contributed by atoms with Crippen LogP contribution in [0.4, 0.5) is 0 Å². The fourth-order valence-electron chi connectivity index (χ4n) is 1.12. The van der Waals surface area contributed by atoms with Crippen LogP contribution in [-0.4, -0.2) is 15.0 Å². The second-order valence-corrected chi connectivity index (χ2v) is 4.66. The van der Waals surface area contributed by atoms with Crippen molar-refractivity contribution < 1.29 is 0 Å². The smallest absolute Gasteiger partial charge is 0.182 e. The van der Waals surface area contributed by atoms with Gasteiger partial charge in [-0.1, -0.05) is 23.2 Å². The van der Waals surface area contributed by atoms with Crippen LogP contribution < -0.4 is 0 Å². The van der Waals surface area contributed by atoms with Gasteiger partial charge in [-0.25, -0.2) is 9.97 Å². The molecule has 0 aliphatic heterocycles. The summed E-state index contributed by atoms with van der Waals surface area (Å²) in [4.78, 5) is 12.5. The minimum Gasteiger partial charge on any atom is -0.252 e. The third-order valence-electron chi connectivity index (χ3n) is 2.00. The largest absolute Gasteiger partial charge is 0.252 e. The summed E-state index contributed by atoms with van der Waals surface area (Å²) >= 11 is 15.3. The lowest BCUT2D eigenvalue weighted by atomic mass is 10.3. The predicted octanol–water partition coefficient (Wildman–Crippen LogP) is 3.92. The number of rotatable bonds is 1. The second kappa shape index (κ2) is 4.65. The molecule has 6 heteroatoms. The van der Waals surface area contributed by atoms with Gasteiger partial charge in [-0.15, -0.1) is 0 Å². The number of aromatic nitrogens is 3. The van der Waals surface area contributed by atoms with Gasteiger partial charge in [0.15, 0.2) is 5.82 Å². The van der Waals surface area contributed by atoms with E-state index in [-0.39, 0.29) is 0 Å². The number of halogens is 3. The molecule has 2 heterocycles. The first-order valence-corrected chi connectivity index (χ1v) is 5.95. The number of nitrogens with zero attached hydrogens (tertiary/aromatic N) is 3. The molecule has 0 saturated heterocycles. The van der Waals surface area contributed by atoms with Crippen LogP contribution in [0.5, 0.6) is 0 Å². The first-order valence-electron chi connectivity index (χ1n) is 4.40. The van der Waals surface area contributed by atoms with Crippen LogP contribution >= 0.6 is 39.1 Å². The Balaban J connectivity index is 2.62. The molecule has 0 aliphatic carbocycles. The van der Waals surface area contributed by atoms with Gasteiger partial charge >= 0.3 is 0 Å². The molecule has 16 heavy (non-hydrogen) atoms. The van der Waals surface area contributed by atoms with Crippen molar-refractivity contribution in [2.75, 3.05) is 0 Å². The summed E-state index contributed by atoms with van der Waals surface area (Å²) in [6.07, 6.45) is 1.66. The zero-order valence-corrected chi connectivity index (χ0v) is 11.3. The molecule has 0 bridgehead atoms. The van der Waals surface area contributed by atoms with E-state index in [9.17, 15) is 0 Å². The van der Waals surface area contributed by atoms with E-state index in [0.717, 1.165) is 4.47 Å². The summed E-state index contributed by atoms with van der Waals surface area (Å²) in [5.74, 6) is 0.410. The zero-order valence-electron chi connectivity index (χ0n) is 8.21. The summed E-state index contributed by atoms with van der Waals surface area (Å²) in [6, 6.07) is 3.67. The normalized spacial score (nSPS) is 10.5. The minimum absolute atomic E-state index is 0.340. The zero-order chi connectivity index (χ0) is 11.7. The SMILES string of the molecule is Cc1c(Cl)nc(-c2ncccc2Br)nc1Cl. The summed E-state index contributed by atoms with van der Waals surface area (Å²) in [5, 5.41) is 0.681. The molecular formula is C10H6BrCl2N3. The summed E-state index contributed by atoms with van der Waals surface area (Å²) in [7, 11) is 0. The highest BCUT2D eigenvalue weighted by molar-refractivity contribution is 9.10. The van der Waals surface area contributed by atoms with E-state index in [1.165, 1.54) is 0 Å². The molecule has 2 rings (SSSR count). The average molecular weight is 319 g/mol. The lowest BCUT2D eigenvalue weighted by Gasteiger charge is -2.05. The maximum absolute atomic E-state index is 5.94. The quantitative estimate of drug-likeness (QED) is 0.748. The van der Waals surface area contributed by atoms with Crippen LogP contribution in [0.25, 0.3) is 11.5 Å². The number of hydrogen-bond acceptors (Lipinski definition) is 3. The van der Waals surface area contributed by atoms with Crippen molar-refractivity contribution >= 4 is 39.1 Å². The van der Waals surface area contributed by atoms with Crippen molar-refractivity contribution in [2.24, 2.45) is 0 Å². The molecule has 2 aromatic heterocycles. The Hall–Kier alpha value is -0.710. The van der Waals surface area contributed by atoms with Crippen molar-refractivity contribution in [3.8, 4) is 11.5 Å². The molecule has 0 N–H and O–H groups in total. The van der Waals surface area contributed by atoms with Gasteiger partial charge in [-0.05, 0) is 35.0 Å². The van der Waals surface area contributed by atoms with Crippen LogP contribution in [0.1, 0.15) is 5.56 Å². The van der Waals surface area contributed by atoms with E-state index in [2.05, 4.69) is 30.9 Å². The lowest BCUT2D eigenvalue weighted by Crippen LogP contribution is -1.96. The van der Waals surface area contributed by atoms with Crippen molar-refractivity contribution in [2.45, 2.75) is 6.92 Å². The highest BCUT2D eigenvalue weighted by Crippen LogP contribution is 2.27. The molecule has 0 aliphatic rings. The molecule has 0 amide bonds. The van der Waals surface area contributed by atoms with Crippen LogP contribution in [0.3, 0.4) is 0 Å². The maximum atomic E-state index is 5.94. The van der Waals surface area contributed by atoms with E-state index >= 15 is 0 Å². The molecule has 0 aromatic carbocycles. The molecule has 0 spiro atoms. The fourth-order valence-corrected chi connectivity index (χ4v) is 1.94. The first-order chi connectivity index (χ1) is 7.59. The molecule has 0 atom stereocenters. The van der Waals surface area contributed by atoms with Crippen LogP contribution in [0, 0.1) is 6.92 Å². The van der Waals surface area contributed by atoms with Crippen LogP contribution in [-0.2, 0) is 0 Å². The second-order valence-electron chi connectivity index (χ2n) is 3.09. The topological polar surface area (TPSA) is 38.7 Å². The molecule has 82 valence electrons. The number of pyridine rings is 1. The van der Waals surface area contributed by atoms with E-state index in [0.29, 0.717) is 27.4 Å². The third kappa shape index (κ3) is 2.19. The Morgan fingerprint density at radius 1 is 1.19 bits per heavy atom. The molecule has 0 unspecified atom stereocenters. The lowest BCUT2D eigenvalue weighted by molar-refractivity contribution is 1.11. The highest BCUT2D eigenvalue weighted by atomic mass is 79.9. The van der Waals surface area contributed by atoms with Gasteiger partial charge in [0.1, 0.15) is 16.0 Å². The summed E-state index contributed by atoms with van der Waals surface area (Å²) in [6.45, 7) is 1.77. The Kier molecular flexibility index (Phi) is 3.42. The molecular weight excluding hydrogens is 313 g/mol. The van der Waals surface area contributed by atoms with E-state index in [1.54, 1.807) is 13.1 Å². The van der Waals surface area contributed by atoms with E-state index < -0.39 is 0 Å². The molecule has 0 saturated carbocycles. The average Bonchev–Trinajstić information content (AvgIpc) is 2.26. The fraction of sp³-hybridized carbons (Fsp3) is 0.100. The van der Waals surface area contributed by atoms with Gasteiger partial charge < -0.3 is 0 Å². The van der Waals surface area contributed by atoms with Gasteiger partial charge in [0.05, 0.1) is 0 Å². The van der Waals surface area contributed by atoms with Gasteiger partial charge in [0.2, 0.25) is 0 Å². The highest BCUT2D eigenvalue weighted by Gasteiger charge is 2.12. The molecule has 0 fully saturated rings. The Labute approximate surface area is 111 Å². The van der Waals surface area contributed by atoms with Gasteiger partial charge in [-0.2, -0.15) is 0 Å². The van der Waals surface area contributed by atoms with E-state index in [4.69, 9.17) is 23.2 Å². The van der Waals surface area contributed by atoms with Crippen molar-refractivity contribution in [3.63, 3.8) is 0 Å². The maximum Gasteiger partial charge on any atom is 0.182 e. The summed E-state index contributed by atoms with van der Waals surface area (Å²) in [5.41, 5.74) is 1.28.